The molecule has 162 valence electrons. The highest BCUT2D eigenvalue weighted by molar-refractivity contribution is 6.03. The zero-order chi connectivity index (χ0) is 21.4. The summed E-state index contributed by atoms with van der Waals surface area (Å²) in [5.41, 5.74) is 7.68. The molecule has 5 rings (SSSR count). The van der Waals surface area contributed by atoms with Crippen LogP contribution in [0.5, 0.6) is 0 Å². The minimum Gasteiger partial charge on any atom is -0.379 e. The third-order valence-electron chi connectivity index (χ3n) is 5.78. The first-order valence-electron chi connectivity index (χ1n) is 10.6. The average Bonchev–Trinajstić information content (AvgIpc) is 3.47. The molecule has 0 radical (unpaired) electrons. The van der Waals surface area contributed by atoms with Crippen LogP contribution in [0.15, 0.2) is 30.7 Å². The van der Waals surface area contributed by atoms with Gasteiger partial charge in [-0.15, -0.1) is 5.10 Å². The minimum atomic E-state index is -0.605. The molecule has 1 amide bonds. The van der Waals surface area contributed by atoms with Crippen molar-refractivity contribution >= 4 is 28.7 Å². The molecule has 3 aromatic rings. The van der Waals surface area contributed by atoms with Crippen molar-refractivity contribution < 1.29 is 9.18 Å². The summed E-state index contributed by atoms with van der Waals surface area (Å²) < 4.78 is 15.4. The molecule has 0 aliphatic heterocycles. The highest BCUT2D eigenvalue weighted by Gasteiger charge is 2.25. The molecule has 2 fully saturated rings. The first-order chi connectivity index (χ1) is 15.1. The minimum absolute atomic E-state index is 0.0547. The van der Waals surface area contributed by atoms with Crippen LogP contribution >= 0.6 is 0 Å². The number of carbonyl (C=O) groups is 1. The maximum Gasteiger partial charge on any atom is 0.276 e. The summed E-state index contributed by atoms with van der Waals surface area (Å²) in [5, 5.41) is 14.2. The Kier molecular flexibility index (Phi) is 5.14. The van der Waals surface area contributed by atoms with Gasteiger partial charge in [0.1, 0.15) is 5.82 Å². The predicted molar refractivity (Wildman–Crippen MR) is 116 cm³/mol. The number of nitrogens with one attached hydrogen (secondary N) is 3. The summed E-state index contributed by atoms with van der Waals surface area (Å²) in [6.07, 6.45) is 10.0. The SMILES string of the molecule is NC1CCC(Nc2cc(NC3CC3)c3ncc(C(=O)Nc4ccncc4F)n3n2)CC1. The van der Waals surface area contributed by atoms with Gasteiger partial charge in [0.05, 0.1) is 23.8 Å². The van der Waals surface area contributed by atoms with Gasteiger partial charge in [-0.3, -0.25) is 9.78 Å². The number of aromatic nitrogens is 4. The van der Waals surface area contributed by atoms with E-state index >= 15 is 0 Å². The molecule has 3 heterocycles. The summed E-state index contributed by atoms with van der Waals surface area (Å²) in [6.45, 7) is 0. The summed E-state index contributed by atoms with van der Waals surface area (Å²) in [4.78, 5) is 21.0. The third kappa shape index (κ3) is 4.29. The van der Waals surface area contributed by atoms with E-state index in [1.807, 2.05) is 6.07 Å². The number of hydrogen-bond acceptors (Lipinski definition) is 7. The maximum absolute atomic E-state index is 13.9. The van der Waals surface area contributed by atoms with Crippen LogP contribution in [0.1, 0.15) is 49.0 Å². The fourth-order valence-corrected chi connectivity index (χ4v) is 3.88. The van der Waals surface area contributed by atoms with Crippen molar-refractivity contribution in [3.63, 3.8) is 0 Å². The van der Waals surface area contributed by atoms with E-state index in [1.54, 1.807) is 0 Å². The number of carbonyl (C=O) groups excluding carboxylic acids is 1. The van der Waals surface area contributed by atoms with E-state index < -0.39 is 11.7 Å². The lowest BCUT2D eigenvalue weighted by atomic mass is 9.92. The van der Waals surface area contributed by atoms with Crippen LogP contribution in [0.2, 0.25) is 0 Å². The molecule has 0 unspecified atom stereocenters. The van der Waals surface area contributed by atoms with Crippen molar-refractivity contribution in [3.05, 3.63) is 42.2 Å². The molecule has 2 aliphatic carbocycles. The van der Waals surface area contributed by atoms with Crippen molar-refractivity contribution in [1.29, 1.82) is 0 Å². The number of fused-ring (bicyclic) bond motifs is 1. The fourth-order valence-electron chi connectivity index (χ4n) is 3.88. The Morgan fingerprint density at radius 1 is 1.06 bits per heavy atom. The zero-order valence-electron chi connectivity index (χ0n) is 17.0. The maximum atomic E-state index is 13.9. The molecule has 5 N–H and O–H groups in total. The van der Waals surface area contributed by atoms with Crippen LogP contribution < -0.4 is 21.7 Å². The predicted octanol–water partition coefficient (Wildman–Crippen LogP) is 2.77. The number of halogens is 1. The molecule has 0 atom stereocenters. The Hall–Kier alpha value is -3.27. The second kappa shape index (κ2) is 8.10. The summed E-state index contributed by atoms with van der Waals surface area (Å²) in [7, 11) is 0. The van der Waals surface area contributed by atoms with Gasteiger partial charge in [0.2, 0.25) is 0 Å². The summed E-state index contributed by atoms with van der Waals surface area (Å²) in [5.74, 6) is -0.437. The van der Waals surface area contributed by atoms with E-state index in [0.717, 1.165) is 50.4 Å². The van der Waals surface area contributed by atoms with Crippen LogP contribution in [-0.2, 0) is 0 Å². The Morgan fingerprint density at radius 2 is 1.81 bits per heavy atom. The number of hydrogen-bond donors (Lipinski definition) is 4. The zero-order valence-corrected chi connectivity index (χ0v) is 17.0. The first-order valence-corrected chi connectivity index (χ1v) is 10.6. The molecular formula is C21H25FN8O. The van der Waals surface area contributed by atoms with Gasteiger partial charge in [0.15, 0.2) is 17.2 Å². The standard InChI is InChI=1S/C21H25FN8O/c22-15-10-24-8-7-16(15)28-21(31)18-11-25-20-17(26-13-5-6-13)9-19(29-30(18)20)27-14-3-1-12(23)2-4-14/h7-14,26H,1-6,23H2,(H,27,29)(H,24,28,31). The van der Waals surface area contributed by atoms with Crippen molar-refractivity contribution in [2.24, 2.45) is 5.73 Å². The monoisotopic (exact) mass is 424 g/mol. The normalized spacial score (nSPS) is 21.1. The number of rotatable bonds is 6. The molecule has 0 aromatic carbocycles. The van der Waals surface area contributed by atoms with E-state index in [2.05, 4.69) is 31.0 Å². The van der Waals surface area contributed by atoms with Crippen LogP contribution in [-0.4, -0.2) is 43.6 Å². The molecule has 2 aliphatic rings. The van der Waals surface area contributed by atoms with Crippen LogP contribution in [0.25, 0.3) is 5.65 Å². The van der Waals surface area contributed by atoms with E-state index in [0.29, 0.717) is 17.5 Å². The van der Waals surface area contributed by atoms with Gasteiger partial charge in [-0.1, -0.05) is 0 Å². The highest BCUT2D eigenvalue weighted by Crippen LogP contribution is 2.29. The topological polar surface area (TPSA) is 122 Å². The van der Waals surface area contributed by atoms with Crippen molar-refractivity contribution in [2.75, 3.05) is 16.0 Å². The lowest BCUT2D eigenvalue weighted by molar-refractivity contribution is 0.102. The van der Waals surface area contributed by atoms with Crippen LogP contribution in [0, 0.1) is 5.82 Å². The Bertz CT molecular complexity index is 1100. The average molecular weight is 424 g/mol. The number of amides is 1. The molecule has 0 bridgehead atoms. The quantitative estimate of drug-likeness (QED) is 0.480. The molecular weight excluding hydrogens is 399 g/mol. The molecule has 0 spiro atoms. The lowest BCUT2D eigenvalue weighted by Gasteiger charge is -2.27. The number of nitrogens with zero attached hydrogens (tertiary/aromatic N) is 4. The Labute approximate surface area is 178 Å². The molecule has 31 heavy (non-hydrogen) atoms. The third-order valence-corrected chi connectivity index (χ3v) is 5.78. The van der Waals surface area contributed by atoms with Gasteiger partial charge in [-0.05, 0) is 44.6 Å². The van der Waals surface area contributed by atoms with Gasteiger partial charge in [0, 0.05) is 30.4 Å². The van der Waals surface area contributed by atoms with Crippen molar-refractivity contribution in [2.45, 2.75) is 56.7 Å². The summed E-state index contributed by atoms with van der Waals surface area (Å²) >= 11 is 0. The molecule has 10 heteroatoms. The Morgan fingerprint density at radius 3 is 2.55 bits per heavy atom. The van der Waals surface area contributed by atoms with E-state index in [9.17, 15) is 9.18 Å². The number of nitrogens with two attached hydrogens (primary N) is 1. The smallest absolute Gasteiger partial charge is 0.276 e. The summed E-state index contributed by atoms with van der Waals surface area (Å²) in [6, 6.07) is 4.31. The molecule has 3 aromatic heterocycles. The van der Waals surface area contributed by atoms with Crippen molar-refractivity contribution in [1.82, 2.24) is 19.6 Å². The second-order valence-electron chi connectivity index (χ2n) is 8.31. The Balaban J connectivity index is 1.46. The van der Waals surface area contributed by atoms with Gasteiger partial charge in [-0.2, -0.15) is 0 Å². The van der Waals surface area contributed by atoms with Crippen LogP contribution in [0.4, 0.5) is 21.6 Å². The second-order valence-corrected chi connectivity index (χ2v) is 8.31. The van der Waals surface area contributed by atoms with Gasteiger partial charge >= 0.3 is 0 Å². The number of pyridine rings is 1. The first kappa shape index (κ1) is 19.7. The van der Waals surface area contributed by atoms with Gasteiger partial charge in [-0.25, -0.2) is 13.9 Å². The van der Waals surface area contributed by atoms with Gasteiger partial charge < -0.3 is 21.7 Å². The van der Waals surface area contributed by atoms with E-state index in [4.69, 9.17) is 5.73 Å². The van der Waals surface area contributed by atoms with E-state index in [1.165, 1.54) is 23.0 Å². The molecule has 0 saturated heterocycles. The fraction of sp³-hybridized carbons (Fsp3) is 0.429. The lowest BCUT2D eigenvalue weighted by Crippen LogP contribution is -2.33. The van der Waals surface area contributed by atoms with E-state index in [-0.39, 0.29) is 23.5 Å². The molecule has 2 saturated carbocycles. The van der Waals surface area contributed by atoms with Gasteiger partial charge in [0.25, 0.3) is 5.91 Å². The van der Waals surface area contributed by atoms with Crippen LogP contribution in [0.3, 0.4) is 0 Å². The largest absolute Gasteiger partial charge is 0.379 e. The number of anilines is 3. The number of imidazole rings is 1. The van der Waals surface area contributed by atoms with Crippen molar-refractivity contribution in [3.8, 4) is 0 Å². The molecule has 9 nitrogen and oxygen atoms in total. The highest BCUT2D eigenvalue weighted by atomic mass is 19.1.